The summed E-state index contributed by atoms with van der Waals surface area (Å²) in [6.07, 6.45) is 3.91. The third-order valence-electron chi connectivity index (χ3n) is 5.10. The number of piperidine rings is 1. The van der Waals surface area contributed by atoms with Gasteiger partial charge in [0.05, 0.1) is 0 Å². The van der Waals surface area contributed by atoms with E-state index in [0.29, 0.717) is 0 Å². The number of likely N-dealkylation sites (tertiary alicyclic amines) is 1. The molecule has 0 unspecified atom stereocenters. The first kappa shape index (κ1) is 17.0. The largest absolute Gasteiger partial charge is 0.368 e. The smallest absolute Gasteiger partial charge is 0.123 e. The van der Waals surface area contributed by atoms with Gasteiger partial charge in [0.25, 0.3) is 0 Å². The normalized spacial score (nSPS) is 18.0. The molecule has 24 heavy (non-hydrogen) atoms. The molecule has 0 radical (unpaired) electrons. The molecule has 2 aliphatic heterocycles. The third-order valence-corrected chi connectivity index (χ3v) is 5.10. The first-order valence-electron chi connectivity index (χ1n) is 9.05. The average molecular weight is 326 g/mol. The zero-order valence-electron chi connectivity index (χ0n) is 14.5. The maximum absolute atomic E-state index is 11.9. The Morgan fingerprint density at radius 3 is 2.21 bits per heavy atom. The van der Waals surface area contributed by atoms with Crippen molar-refractivity contribution < 1.29 is 4.39 Å². The number of hydrogen-bond acceptors (Lipinski definition) is 2. The van der Waals surface area contributed by atoms with Crippen LogP contribution < -0.4 is 4.90 Å². The summed E-state index contributed by atoms with van der Waals surface area (Å²) in [5, 5.41) is 0. The number of benzene rings is 2. The fourth-order valence-corrected chi connectivity index (χ4v) is 3.70. The molecule has 1 saturated heterocycles. The predicted molar refractivity (Wildman–Crippen MR) is 99.0 cm³/mol. The summed E-state index contributed by atoms with van der Waals surface area (Å²) >= 11 is 0. The van der Waals surface area contributed by atoms with E-state index in [4.69, 9.17) is 0 Å². The third kappa shape index (κ3) is 4.15. The second-order valence-electron chi connectivity index (χ2n) is 6.53. The van der Waals surface area contributed by atoms with E-state index in [1.165, 1.54) is 63.3 Å². The quantitative estimate of drug-likeness (QED) is 0.809. The van der Waals surface area contributed by atoms with E-state index in [9.17, 15) is 4.39 Å². The molecule has 2 aliphatic rings. The van der Waals surface area contributed by atoms with Gasteiger partial charge in [-0.2, -0.15) is 0 Å². The Labute approximate surface area is 144 Å². The van der Waals surface area contributed by atoms with Gasteiger partial charge in [-0.15, -0.1) is 0 Å². The van der Waals surface area contributed by atoms with Crippen LogP contribution in [0.2, 0.25) is 0 Å². The van der Waals surface area contributed by atoms with Gasteiger partial charge in [-0.3, -0.25) is 0 Å². The molecule has 0 bridgehead atoms. The van der Waals surface area contributed by atoms with Crippen molar-refractivity contribution in [2.75, 3.05) is 31.1 Å². The highest BCUT2D eigenvalue weighted by Crippen LogP contribution is 2.32. The molecule has 2 aromatic carbocycles. The Hall–Kier alpha value is -1.87. The molecule has 0 spiro atoms. The summed E-state index contributed by atoms with van der Waals surface area (Å²) in [7, 11) is 0. The zero-order valence-corrected chi connectivity index (χ0v) is 14.5. The van der Waals surface area contributed by atoms with Gasteiger partial charge in [-0.1, -0.05) is 43.3 Å². The van der Waals surface area contributed by atoms with Crippen molar-refractivity contribution in [2.45, 2.75) is 32.2 Å². The first-order valence-corrected chi connectivity index (χ1v) is 9.05. The molecule has 0 amide bonds. The van der Waals surface area contributed by atoms with Crippen molar-refractivity contribution in [1.29, 1.82) is 0 Å². The molecule has 0 N–H and O–H groups in total. The number of rotatable bonds is 2. The minimum Gasteiger partial charge on any atom is -0.368 e. The lowest BCUT2D eigenvalue weighted by atomic mass is 10.0. The summed E-state index contributed by atoms with van der Waals surface area (Å²) in [5.41, 5.74) is 3.05. The molecule has 4 rings (SSSR count). The lowest BCUT2D eigenvalue weighted by molar-refractivity contribution is 0.219. The van der Waals surface area contributed by atoms with Gasteiger partial charge in [0, 0.05) is 31.4 Å². The Morgan fingerprint density at radius 2 is 1.58 bits per heavy atom. The molecule has 3 heteroatoms. The van der Waals surface area contributed by atoms with Crippen molar-refractivity contribution in [1.82, 2.24) is 4.90 Å². The Balaban J connectivity index is 0.000000203. The van der Waals surface area contributed by atoms with Crippen LogP contribution in [0.3, 0.4) is 0 Å². The van der Waals surface area contributed by atoms with Crippen LogP contribution in [0.4, 0.5) is 10.1 Å². The lowest BCUT2D eigenvalue weighted by Crippen LogP contribution is -2.44. The van der Waals surface area contributed by atoms with E-state index in [2.05, 4.69) is 41.0 Å². The van der Waals surface area contributed by atoms with Crippen LogP contribution in [0.1, 0.15) is 25.3 Å². The van der Waals surface area contributed by atoms with Crippen LogP contribution in [0.15, 0.2) is 54.6 Å². The fourth-order valence-electron chi connectivity index (χ4n) is 3.70. The van der Waals surface area contributed by atoms with Gasteiger partial charge < -0.3 is 9.80 Å². The number of halogens is 1. The van der Waals surface area contributed by atoms with E-state index in [-0.39, 0.29) is 5.82 Å². The fraction of sp³-hybridized carbons (Fsp3) is 0.429. The highest BCUT2D eigenvalue weighted by Gasteiger charge is 2.28. The standard InChI is InChI=1S/C15H22N2.C6H5F/c1-2-16-10-8-14(9-11-16)17-12-7-13-5-3-4-6-15(13)17;7-6-4-2-1-3-5-6/h3-6,14H,2,7-12H2,1H3;1-5H. The Kier molecular flexibility index (Phi) is 5.86. The molecular formula is C21H27FN2. The summed E-state index contributed by atoms with van der Waals surface area (Å²) in [6.45, 7) is 7.27. The summed E-state index contributed by atoms with van der Waals surface area (Å²) in [6, 6.07) is 17.7. The Morgan fingerprint density at radius 1 is 0.917 bits per heavy atom. The van der Waals surface area contributed by atoms with Crippen LogP contribution in [0.25, 0.3) is 0 Å². The SMILES string of the molecule is CCN1CCC(N2CCc3ccccc32)CC1.Fc1ccccc1. The van der Waals surface area contributed by atoms with Gasteiger partial charge in [-0.25, -0.2) is 4.39 Å². The van der Waals surface area contributed by atoms with Crippen molar-refractivity contribution >= 4 is 5.69 Å². The van der Waals surface area contributed by atoms with E-state index >= 15 is 0 Å². The van der Waals surface area contributed by atoms with E-state index < -0.39 is 0 Å². The van der Waals surface area contributed by atoms with E-state index in [1.54, 1.807) is 23.8 Å². The van der Waals surface area contributed by atoms with Gasteiger partial charge in [0.1, 0.15) is 5.82 Å². The molecule has 0 saturated carbocycles. The molecular weight excluding hydrogens is 299 g/mol. The van der Waals surface area contributed by atoms with Crippen molar-refractivity contribution in [3.05, 3.63) is 66.0 Å². The highest BCUT2D eigenvalue weighted by molar-refractivity contribution is 5.58. The van der Waals surface area contributed by atoms with E-state index in [0.717, 1.165) is 6.04 Å². The number of anilines is 1. The van der Waals surface area contributed by atoms with Crippen molar-refractivity contribution in [3.63, 3.8) is 0 Å². The van der Waals surface area contributed by atoms with Gasteiger partial charge in [0.15, 0.2) is 0 Å². The molecule has 0 aromatic heterocycles. The maximum atomic E-state index is 11.9. The van der Waals surface area contributed by atoms with Gasteiger partial charge >= 0.3 is 0 Å². The molecule has 2 aromatic rings. The number of fused-ring (bicyclic) bond motifs is 1. The minimum atomic E-state index is -0.178. The van der Waals surface area contributed by atoms with Crippen LogP contribution >= 0.6 is 0 Å². The summed E-state index contributed by atoms with van der Waals surface area (Å²) in [5.74, 6) is -0.178. The highest BCUT2D eigenvalue weighted by atomic mass is 19.1. The van der Waals surface area contributed by atoms with Crippen molar-refractivity contribution in [3.8, 4) is 0 Å². The monoisotopic (exact) mass is 326 g/mol. The second kappa shape index (κ2) is 8.29. The maximum Gasteiger partial charge on any atom is 0.123 e. The second-order valence-corrected chi connectivity index (χ2v) is 6.53. The molecule has 2 nitrogen and oxygen atoms in total. The molecule has 0 atom stereocenters. The van der Waals surface area contributed by atoms with E-state index in [1.807, 2.05) is 0 Å². The van der Waals surface area contributed by atoms with Crippen LogP contribution in [-0.2, 0) is 6.42 Å². The average Bonchev–Trinajstić information content (AvgIpc) is 3.07. The zero-order chi connectivity index (χ0) is 16.8. The summed E-state index contributed by atoms with van der Waals surface area (Å²) in [4.78, 5) is 5.22. The topological polar surface area (TPSA) is 6.48 Å². The van der Waals surface area contributed by atoms with Gasteiger partial charge in [0.2, 0.25) is 0 Å². The Bertz CT molecular complexity index is 621. The predicted octanol–water partition coefficient (Wildman–Crippen LogP) is 4.36. The molecule has 0 aliphatic carbocycles. The first-order chi connectivity index (χ1) is 11.8. The van der Waals surface area contributed by atoms with Crippen LogP contribution in [0, 0.1) is 5.82 Å². The molecule has 128 valence electrons. The summed E-state index contributed by atoms with van der Waals surface area (Å²) < 4.78 is 11.9. The molecule has 1 fully saturated rings. The number of para-hydroxylation sites is 1. The van der Waals surface area contributed by atoms with Crippen LogP contribution in [0.5, 0.6) is 0 Å². The minimum absolute atomic E-state index is 0.178. The molecule has 2 heterocycles. The number of nitrogens with zero attached hydrogens (tertiary/aromatic N) is 2. The van der Waals surface area contributed by atoms with Crippen LogP contribution in [-0.4, -0.2) is 37.1 Å². The lowest BCUT2D eigenvalue weighted by Gasteiger charge is -2.37. The van der Waals surface area contributed by atoms with Crippen molar-refractivity contribution in [2.24, 2.45) is 0 Å². The number of hydrogen-bond donors (Lipinski definition) is 0. The van der Waals surface area contributed by atoms with Gasteiger partial charge in [-0.05, 0) is 49.6 Å².